The third kappa shape index (κ3) is 26.5. The first kappa shape index (κ1) is 31.3. The Morgan fingerprint density at radius 3 is 0.792 bits per heavy atom. The van der Waals surface area contributed by atoms with Crippen molar-refractivity contribution in [3.8, 4) is 0 Å². The van der Waals surface area contributed by atoms with E-state index in [-0.39, 0.29) is 39.6 Å². The smallest absolute Gasteiger partial charge is 0.100 e. The Hall–Kier alpha value is -0.440. The van der Waals surface area contributed by atoms with Crippen LogP contribution in [0, 0.1) is 5.41 Å². The second-order valence-electron chi connectivity index (χ2n) is 4.40. The van der Waals surface area contributed by atoms with Crippen LogP contribution in [0.2, 0.25) is 0 Å². The van der Waals surface area contributed by atoms with Crippen LogP contribution < -0.4 is 0 Å². The summed E-state index contributed by atoms with van der Waals surface area (Å²) in [6, 6.07) is 0. The van der Waals surface area contributed by atoms with E-state index in [2.05, 4.69) is 0 Å². The molecule has 0 saturated carbocycles. The molecule has 11 nitrogen and oxygen atoms in total. The molecular formula is C13H34O11. The van der Waals surface area contributed by atoms with Crippen molar-refractivity contribution in [1.82, 2.24) is 0 Å². The van der Waals surface area contributed by atoms with E-state index in [0.29, 0.717) is 6.42 Å². The van der Waals surface area contributed by atoms with Crippen LogP contribution in [0.5, 0.6) is 0 Å². The Kier molecular flexibility index (Phi) is 35.8. The van der Waals surface area contributed by atoms with Crippen LogP contribution in [-0.2, 0) is 0 Å². The van der Waals surface area contributed by atoms with Crippen LogP contribution in [0.1, 0.15) is 6.42 Å². The normalized spacial score (nSPS) is 10.0. The van der Waals surface area contributed by atoms with Gasteiger partial charge in [0, 0.05) is 13.2 Å². The van der Waals surface area contributed by atoms with Crippen molar-refractivity contribution in [3.05, 3.63) is 0 Å². The molecule has 11 heteroatoms. The Balaban J connectivity index is -0.000000117. The molecule has 11 N–H and O–H groups in total. The number of aliphatic hydroxyl groups excluding tert-OH is 11. The molecule has 0 spiro atoms. The molecule has 0 unspecified atom stereocenters. The standard InChI is InChI=1S/C5H12O4.C3H8O3.C3H8O2.C2H6O2/c6-1-5(2-7,3-8)4-9;4-1-3(6)2-5;4-2-1-3-5;3-1-2-4/h6-9H,1-4H2;3-6H,1-2H2;4-5H,1-3H2;3-4H,1-2H2. The molecule has 0 aromatic heterocycles. The fraction of sp³-hybridized carbons (Fsp3) is 1.00. The Morgan fingerprint density at radius 1 is 0.500 bits per heavy atom. The Labute approximate surface area is 141 Å². The molecule has 0 aromatic rings. The monoisotopic (exact) mass is 366 g/mol. The SMILES string of the molecule is OCC(CO)(CO)CO.OCC(O)CO.OCCCO.OCCO. The molecule has 0 bridgehead atoms. The van der Waals surface area contributed by atoms with E-state index >= 15 is 0 Å². The summed E-state index contributed by atoms with van der Waals surface area (Å²) >= 11 is 0. The first-order valence-electron chi connectivity index (χ1n) is 7.15. The average Bonchev–Trinajstić information content (AvgIpc) is 2.65. The number of rotatable bonds is 9. The lowest BCUT2D eigenvalue weighted by Gasteiger charge is -2.23. The molecular weight excluding hydrogens is 332 g/mol. The van der Waals surface area contributed by atoms with Crippen molar-refractivity contribution in [2.24, 2.45) is 5.41 Å². The van der Waals surface area contributed by atoms with Gasteiger partial charge in [-0.1, -0.05) is 0 Å². The van der Waals surface area contributed by atoms with Gasteiger partial charge in [-0.2, -0.15) is 0 Å². The van der Waals surface area contributed by atoms with Crippen LogP contribution in [0.25, 0.3) is 0 Å². The number of hydrogen-bond donors (Lipinski definition) is 11. The van der Waals surface area contributed by atoms with Gasteiger partial charge in [-0.15, -0.1) is 0 Å². The van der Waals surface area contributed by atoms with E-state index < -0.39 is 37.9 Å². The summed E-state index contributed by atoms with van der Waals surface area (Å²) in [5, 5.41) is 89.1. The molecule has 24 heavy (non-hydrogen) atoms. The second kappa shape index (κ2) is 27.4. The maximum atomic E-state index is 8.50. The van der Waals surface area contributed by atoms with Gasteiger partial charge >= 0.3 is 0 Å². The van der Waals surface area contributed by atoms with E-state index in [1.54, 1.807) is 0 Å². The lowest BCUT2D eigenvalue weighted by molar-refractivity contribution is -0.0328. The lowest BCUT2D eigenvalue weighted by atomic mass is 9.93. The van der Waals surface area contributed by atoms with Crippen LogP contribution in [0.15, 0.2) is 0 Å². The van der Waals surface area contributed by atoms with Crippen LogP contribution in [0.3, 0.4) is 0 Å². The van der Waals surface area contributed by atoms with Gasteiger partial charge in [-0.3, -0.25) is 0 Å². The van der Waals surface area contributed by atoms with E-state index in [0.717, 1.165) is 0 Å². The predicted octanol–water partition coefficient (Wildman–Crippen LogP) is -5.39. The van der Waals surface area contributed by atoms with Gasteiger partial charge < -0.3 is 56.2 Å². The predicted molar refractivity (Wildman–Crippen MR) is 83.9 cm³/mol. The lowest BCUT2D eigenvalue weighted by Crippen LogP contribution is -2.37. The highest BCUT2D eigenvalue weighted by atomic mass is 16.3. The fourth-order valence-corrected chi connectivity index (χ4v) is 0.428. The second-order valence-corrected chi connectivity index (χ2v) is 4.40. The van der Waals surface area contributed by atoms with E-state index in [4.69, 9.17) is 56.2 Å². The van der Waals surface area contributed by atoms with Crippen LogP contribution in [-0.4, -0.2) is 128 Å². The highest BCUT2D eigenvalue weighted by Crippen LogP contribution is 2.11. The number of hydrogen-bond acceptors (Lipinski definition) is 11. The molecule has 0 radical (unpaired) electrons. The van der Waals surface area contributed by atoms with E-state index in [1.165, 1.54) is 0 Å². The Morgan fingerprint density at radius 2 is 0.792 bits per heavy atom. The van der Waals surface area contributed by atoms with Crippen molar-refractivity contribution in [3.63, 3.8) is 0 Å². The highest BCUT2D eigenvalue weighted by Gasteiger charge is 2.26. The molecule has 0 aromatic carbocycles. The first-order chi connectivity index (χ1) is 11.4. The zero-order valence-corrected chi connectivity index (χ0v) is 13.8. The minimum absolute atomic E-state index is 0.0938. The zero-order valence-electron chi connectivity index (χ0n) is 13.8. The topological polar surface area (TPSA) is 223 Å². The minimum Gasteiger partial charge on any atom is -0.396 e. The Bertz CT molecular complexity index is 165. The molecule has 0 aliphatic heterocycles. The quantitative estimate of drug-likeness (QED) is 0.185. The summed E-state index contributed by atoms with van der Waals surface area (Å²) in [7, 11) is 0. The third-order valence-corrected chi connectivity index (χ3v) is 2.18. The molecule has 0 aliphatic rings. The maximum Gasteiger partial charge on any atom is 0.100 e. The molecule has 0 rings (SSSR count). The van der Waals surface area contributed by atoms with Crippen molar-refractivity contribution in [2.75, 3.05) is 66.1 Å². The van der Waals surface area contributed by atoms with Crippen molar-refractivity contribution in [2.45, 2.75) is 12.5 Å². The van der Waals surface area contributed by atoms with Gasteiger partial charge in [-0.25, -0.2) is 0 Å². The minimum atomic E-state index is -1.11. The van der Waals surface area contributed by atoms with Gasteiger partial charge in [-0.05, 0) is 6.42 Å². The summed E-state index contributed by atoms with van der Waals surface area (Å²) in [5.41, 5.74) is -1.11. The van der Waals surface area contributed by atoms with Gasteiger partial charge in [0.2, 0.25) is 0 Å². The van der Waals surface area contributed by atoms with Crippen LogP contribution >= 0.6 is 0 Å². The number of aliphatic hydroxyl groups is 11. The largest absolute Gasteiger partial charge is 0.396 e. The molecule has 0 aliphatic carbocycles. The third-order valence-electron chi connectivity index (χ3n) is 2.18. The van der Waals surface area contributed by atoms with E-state index in [9.17, 15) is 0 Å². The van der Waals surface area contributed by atoms with Crippen molar-refractivity contribution < 1.29 is 56.2 Å². The molecule has 0 amide bonds. The zero-order chi connectivity index (χ0) is 19.9. The summed E-state index contributed by atoms with van der Waals surface area (Å²) in [6.45, 7) is -2.42. The van der Waals surface area contributed by atoms with Gasteiger partial charge in [0.05, 0.1) is 58.3 Å². The molecule has 152 valence electrons. The molecule has 0 saturated heterocycles. The first-order valence-corrected chi connectivity index (χ1v) is 7.15. The maximum absolute atomic E-state index is 8.50. The molecule has 0 heterocycles. The van der Waals surface area contributed by atoms with Crippen molar-refractivity contribution in [1.29, 1.82) is 0 Å². The van der Waals surface area contributed by atoms with Gasteiger partial charge in [0.15, 0.2) is 0 Å². The van der Waals surface area contributed by atoms with Gasteiger partial charge in [0.25, 0.3) is 0 Å². The molecule has 0 fully saturated rings. The summed E-state index contributed by atoms with van der Waals surface area (Å²) < 4.78 is 0. The van der Waals surface area contributed by atoms with Crippen molar-refractivity contribution >= 4 is 0 Å². The van der Waals surface area contributed by atoms with E-state index in [1.807, 2.05) is 0 Å². The van der Waals surface area contributed by atoms with Crippen LogP contribution in [0.4, 0.5) is 0 Å². The average molecular weight is 366 g/mol. The highest BCUT2D eigenvalue weighted by molar-refractivity contribution is 4.74. The fourth-order valence-electron chi connectivity index (χ4n) is 0.428. The summed E-state index contributed by atoms with van der Waals surface area (Å²) in [5.74, 6) is 0. The van der Waals surface area contributed by atoms with Gasteiger partial charge in [0.1, 0.15) is 6.10 Å². The summed E-state index contributed by atoms with van der Waals surface area (Å²) in [4.78, 5) is 0. The summed E-state index contributed by atoms with van der Waals surface area (Å²) in [6.07, 6.45) is -0.454. The molecule has 0 atom stereocenters.